The average Bonchev–Trinajstić information content (AvgIpc) is 3.38. The van der Waals surface area contributed by atoms with Crippen molar-refractivity contribution in [1.29, 1.82) is 0 Å². The van der Waals surface area contributed by atoms with Crippen LogP contribution in [0.25, 0.3) is 28.7 Å². The van der Waals surface area contributed by atoms with Crippen molar-refractivity contribution < 1.29 is 13.9 Å². The molecule has 1 aromatic carbocycles. The lowest BCUT2D eigenvalue weighted by molar-refractivity contribution is -0.119. The van der Waals surface area contributed by atoms with Crippen molar-refractivity contribution in [1.82, 2.24) is 19.7 Å². The van der Waals surface area contributed by atoms with Crippen LogP contribution >= 0.6 is 0 Å². The van der Waals surface area contributed by atoms with Crippen molar-refractivity contribution in [3.05, 3.63) is 71.2 Å². The van der Waals surface area contributed by atoms with E-state index in [2.05, 4.69) is 20.4 Å². The molecule has 3 heterocycles. The SMILES string of the molecule is COCC(=O)Nc1cc(-c2ccco2)nn1-c1nc(-c2ccccc2)cc(=O)[nH]1. The van der Waals surface area contributed by atoms with Crippen LogP contribution in [0.2, 0.25) is 0 Å². The Bertz CT molecular complexity index is 1180. The molecular formula is C20H17N5O4. The summed E-state index contributed by atoms with van der Waals surface area (Å²) in [5.41, 5.74) is 1.38. The summed E-state index contributed by atoms with van der Waals surface area (Å²) in [6.45, 7) is -0.130. The molecule has 0 aliphatic heterocycles. The summed E-state index contributed by atoms with van der Waals surface area (Å²) in [6.07, 6.45) is 1.52. The number of aromatic nitrogens is 4. The zero-order valence-electron chi connectivity index (χ0n) is 15.5. The Balaban J connectivity index is 1.82. The number of nitrogens with zero attached hydrogens (tertiary/aromatic N) is 3. The van der Waals surface area contributed by atoms with Crippen molar-refractivity contribution in [2.75, 3.05) is 19.0 Å². The normalized spacial score (nSPS) is 10.8. The molecule has 0 saturated carbocycles. The molecule has 2 N–H and O–H groups in total. The summed E-state index contributed by atoms with van der Waals surface area (Å²) in [5.74, 6) is 0.599. The summed E-state index contributed by atoms with van der Waals surface area (Å²) < 4.78 is 11.6. The van der Waals surface area contributed by atoms with Gasteiger partial charge in [-0.3, -0.25) is 14.6 Å². The Morgan fingerprint density at radius 2 is 2.00 bits per heavy atom. The lowest BCUT2D eigenvalue weighted by Gasteiger charge is -2.09. The highest BCUT2D eigenvalue weighted by molar-refractivity contribution is 5.91. The van der Waals surface area contributed by atoms with Gasteiger partial charge in [-0.1, -0.05) is 30.3 Å². The van der Waals surface area contributed by atoms with Gasteiger partial charge < -0.3 is 14.5 Å². The van der Waals surface area contributed by atoms with Crippen molar-refractivity contribution in [2.45, 2.75) is 0 Å². The number of H-pyrrole nitrogens is 1. The highest BCUT2D eigenvalue weighted by Gasteiger charge is 2.17. The van der Waals surface area contributed by atoms with Gasteiger partial charge in [0, 0.05) is 24.8 Å². The van der Waals surface area contributed by atoms with E-state index in [0.29, 0.717) is 23.0 Å². The third kappa shape index (κ3) is 3.99. The fraction of sp³-hybridized carbons (Fsp3) is 0.100. The summed E-state index contributed by atoms with van der Waals surface area (Å²) in [5, 5.41) is 7.15. The second kappa shape index (κ2) is 7.95. The van der Waals surface area contributed by atoms with E-state index in [0.717, 1.165) is 5.56 Å². The quantitative estimate of drug-likeness (QED) is 0.522. The maximum Gasteiger partial charge on any atom is 0.252 e. The van der Waals surface area contributed by atoms with E-state index < -0.39 is 0 Å². The van der Waals surface area contributed by atoms with Gasteiger partial charge in [0.1, 0.15) is 18.1 Å². The molecule has 9 heteroatoms. The third-order valence-corrected chi connectivity index (χ3v) is 4.03. The van der Waals surface area contributed by atoms with Gasteiger partial charge in [-0.15, -0.1) is 0 Å². The number of amides is 1. The van der Waals surface area contributed by atoms with Crippen LogP contribution in [0.1, 0.15) is 0 Å². The largest absolute Gasteiger partial charge is 0.463 e. The van der Waals surface area contributed by atoms with Crippen LogP contribution in [-0.2, 0) is 9.53 Å². The number of ether oxygens (including phenoxy) is 1. The number of carbonyl (C=O) groups is 1. The molecular weight excluding hydrogens is 374 g/mol. The molecule has 0 spiro atoms. The number of furan rings is 1. The summed E-state index contributed by atoms with van der Waals surface area (Å²) >= 11 is 0. The maximum absolute atomic E-state index is 12.3. The van der Waals surface area contributed by atoms with E-state index in [1.165, 1.54) is 24.1 Å². The van der Waals surface area contributed by atoms with Gasteiger partial charge in [0.25, 0.3) is 11.5 Å². The molecule has 1 amide bonds. The molecule has 0 unspecified atom stereocenters. The van der Waals surface area contributed by atoms with Crippen molar-refractivity contribution in [3.63, 3.8) is 0 Å². The number of nitrogens with one attached hydrogen (secondary N) is 2. The van der Waals surface area contributed by atoms with Crippen LogP contribution in [0.4, 0.5) is 5.82 Å². The van der Waals surface area contributed by atoms with E-state index in [-0.39, 0.29) is 24.0 Å². The number of hydrogen-bond donors (Lipinski definition) is 2. The first-order valence-electron chi connectivity index (χ1n) is 8.74. The number of methoxy groups -OCH3 is 1. The lowest BCUT2D eigenvalue weighted by atomic mass is 10.1. The van der Waals surface area contributed by atoms with Gasteiger partial charge in [-0.05, 0) is 12.1 Å². The second-order valence-corrected chi connectivity index (χ2v) is 6.11. The molecule has 0 saturated heterocycles. The smallest absolute Gasteiger partial charge is 0.252 e. The predicted octanol–water partition coefficient (Wildman–Crippen LogP) is 2.47. The summed E-state index contributed by atoms with van der Waals surface area (Å²) in [6, 6.07) is 15.8. The highest BCUT2D eigenvalue weighted by atomic mass is 16.5. The number of carbonyl (C=O) groups excluding carboxylic acids is 1. The molecule has 0 aliphatic rings. The molecule has 4 aromatic rings. The predicted molar refractivity (Wildman–Crippen MR) is 106 cm³/mol. The van der Waals surface area contributed by atoms with E-state index in [4.69, 9.17) is 9.15 Å². The van der Waals surface area contributed by atoms with E-state index in [1.807, 2.05) is 30.3 Å². The topological polar surface area (TPSA) is 115 Å². The fourth-order valence-electron chi connectivity index (χ4n) is 2.79. The first-order valence-corrected chi connectivity index (χ1v) is 8.74. The zero-order chi connectivity index (χ0) is 20.2. The minimum absolute atomic E-state index is 0.130. The van der Waals surface area contributed by atoms with E-state index in [1.54, 1.807) is 18.2 Å². The Labute approximate surface area is 165 Å². The van der Waals surface area contributed by atoms with Gasteiger partial charge in [-0.25, -0.2) is 4.98 Å². The minimum atomic E-state index is -0.374. The zero-order valence-corrected chi connectivity index (χ0v) is 15.5. The number of rotatable bonds is 6. The minimum Gasteiger partial charge on any atom is -0.463 e. The molecule has 3 aromatic heterocycles. The first-order chi connectivity index (χ1) is 14.1. The highest BCUT2D eigenvalue weighted by Crippen LogP contribution is 2.24. The van der Waals surface area contributed by atoms with Gasteiger partial charge in [0.15, 0.2) is 5.76 Å². The third-order valence-electron chi connectivity index (χ3n) is 4.03. The van der Waals surface area contributed by atoms with Gasteiger partial charge in [-0.2, -0.15) is 9.78 Å². The Morgan fingerprint density at radius 1 is 1.17 bits per heavy atom. The van der Waals surface area contributed by atoms with Crippen LogP contribution in [0.15, 0.2) is 70.1 Å². The average molecular weight is 391 g/mol. The van der Waals surface area contributed by atoms with Crippen molar-refractivity contribution in [3.8, 4) is 28.7 Å². The Morgan fingerprint density at radius 3 is 2.72 bits per heavy atom. The molecule has 4 rings (SSSR count). The lowest BCUT2D eigenvalue weighted by Crippen LogP contribution is -2.21. The Hall–Kier alpha value is -3.98. The molecule has 0 bridgehead atoms. The molecule has 0 radical (unpaired) electrons. The molecule has 0 aliphatic carbocycles. The summed E-state index contributed by atoms with van der Waals surface area (Å²) in [7, 11) is 1.42. The number of aromatic amines is 1. The van der Waals surface area contributed by atoms with Crippen LogP contribution in [0, 0.1) is 0 Å². The number of anilines is 1. The fourth-order valence-corrected chi connectivity index (χ4v) is 2.79. The molecule has 146 valence electrons. The number of benzene rings is 1. The summed E-state index contributed by atoms with van der Waals surface area (Å²) in [4.78, 5) is 31.5. The first kappa shape index (κ1) is 18.4. The van der Waals surface area contributed by atoms with E-state index >= 15 is 0 Å². The monoisotopic (exact) mass is 391 g/mol. The molecule has 0 fully saturated rings. The second-order valence-electron chi connectivity index (χ2n) is 6.11. The van der Waals surface area contributed by atoms with Gasteiger partial charge in [0.2, 0.25) is 5.95 Å². The standard InChI is InChI=1S/C20H17N5O4/c1-28-12-19(27)22-17-10-15(16-8-5-9-29-16)24-25(17)20-21-14(11-18(26)23-20)13-6-3-2-4-7-13/h2-11H,12H2,1H3,(H,22,27)(H,21,23,26). The van der Waals surface area contributed by atoms with Gasteiger partial charge >= 0.3 is 0 Å². The molecule has 9 nitrogen and oxygen atoms in total. The maximum atomic E-state index is 12.3. The Kier molecular flexibility index (Phi) is 5.04. The van der Waals surface area contributed by atoms with Crippen LogP contribution in [0.5, 0.6) is 0 Å². The van der Waals surface area contributed by atoms with Crippen LogP contribution in [-0.4, -0.2) is 39.4 Å². The molecule has 0 atom stereocenters. The van der Waals surface area contributed by atoms with Crippen LogP contribution < -0.4 is 10.9 Å². The van der Waals surface area contributed by atoms with Crippen LogP contribution in [0.3, 0.4) is 0 Å². The molecule has 29 heavy (non-hydrogen) atoms. The van der Waals surface area contributed by atoms with Crippen molar-refractivity contribution in [2.24, 2.45) is 0 Å². The van der Waals surface area contributed by atoms with Crippen molar-refractivity contribution >= 4 is 11.7 Å². The van der Waals surface area contributed by atoms with E-state index in [9.17, 15) is 9.59 Å². The van der Waals surface area contributed by atoms with Gasteiger partial charge in [0.05, 0.1) is 12.0 Å². The number of hydrogen-bond acceptors (Lipinski definition) is 6.